The molecule has 0 aliphatic carbocycles. The predicted octanol–water partition coefficient (Wildman–Crippen LogP) is 2.84. The zero-order valence-electron chi connectivity index (χ0n) is 5.12. The van der Waals surface area contributed by atoms with Gasteiger partial charge < -0.3 is 0 Å². The fourth-order valence-corrected chi connectivity index (χ4v) is 1.09. The second-order valence-corrected chi connectivity index (χ2v) is 2.65. The van der Waals surface area contributed by atoms with E-state index >= 15 is 0 Å². The standard InChI is InChI=1S/C8H9P/c1-2-4-6-8-9-7-5-3-1/h1-9H. The highest BCUT2D eigenvalue weighted by Crippen LogP contribution is 1.95. The first-order valence-corrected chi connectivity index (χ1v) is 4.07. The van der Waals surface area contributed by atoms with Crippen molar-refractivity contribution < 1.29 is 0 Å². The molecule has 0 aliphatic rings. The Labute approximate surface area is 57.0 Å². The van der Waals surface area contributed by atoms with Crippen LogP contribution < -0.4 is 0 Å². The first kappa shape index (κ1) is 6.38. The summed E-state index contributed by atoms with van der Waals surface area (Å²) in [7, 11) is 0.822. The lowest BCUT2D eigenvalue weighted by molar-refractivity contribution is 1.82. The second-order valence-electron chi connectivity index (χ2n) is 1.65. The molecule has 1 heteroatoms. The van der Waals surface area contributed by atoms with E-state index in [0.29, 0.717) is 0 Å². The molecule has 0 unspecified atom stereocenters. The summed E-state index contributed by atoms with van der Waals surface area (Å²) in [6.45, 7) is 0. The van der Waals surface area contributed by atoms with E-state index in [-0.39, 0.29) is 0 Å². The number of hydrogen-bond donors (Lipinski definition) is 0. The fourth-order valence-electron chi connectivity index (χ4n) is 0.534. The lowest BCUT2D eigenvalue weighted by Gasteiger charge is -1.61. The molecule has 9 heavy (non-hydrogen) atoms. The SMILES string of the molecule is c1cccc[pH]ccc1. The summed E-state index contributed by atoms with van der Waals surface area (Å²) < 4.78 is 0. The summed E-state index contributed by atoms with van der Waals surface area (Å²) in [6, 6.07) is 12.3. The van der Waals surface area contributed by atoms with Gasteiger partial charge in [-0.05, 0) is 11.6 Å². The Morgan fingerprint density at radius 3 is 1.56 bits per heavy atom. The molecular weight excluding hydrogens is 127 g/mol. The molecule has 0 fully saturated rings. The van der Waals surface area contributed by atoms with Crippen LogP contribution in [0.5, 0.6) is 0 Å². The second kappa shape index (κ2) is 4.17. The highest BCUT2D eigenvalue weighted by atomic mass is 31.0. The van der Waals surface area contributed by atoms with Crippen LogP contribution in [0.25, 0.3) is 0 Å². The summed E-state index contributed by atoms with van der Waals surface area (Å²) in [5.41, 5.74) is 0. The van der Waals surface area contributed by atoms with Gasteiger partial charge in [0, 0.05) is 0 Å². The minimum atomic E-state index is 0.822. The normalized spacial score (nSPS) is 8.00. The average Bonchev–Trinajstić information content (AvgIpc) is 2.00. The maximum absolute atomic E-state index is 2.15. The van der Waals surface area contributed by atoms with Crippen molar-refractivity contribution in [3.63, 3.8) is 0 Å². The van der Waals surface area contributed by atoms with E-state index in [1.807, 2.05) is 24.3 Å². The van der Waals surface area contributed by atoms with Gasteiger partial charge in [-0.3, -0.25) is 0 Å². The molecular formula is C8H9P. The zero-order valence-corrected chi connectivity index (χ0v) is 6.12. The fraction of sp³-hybridized carbons (Fsp3) is 0. The largest absolute Gasteiger partial charge is 0.140 e. The molecule has 0 radical (unpaired) electrons. The van der Waals surface area contributed by atoms with Gasteiger partial charge >= 0.3 is 0 Å². The quantitative estimate of drug-likeness (QED) is 0.514. The van der Waals surface area contributed by atoms with E-state index in [2.05, 4.69) is 23.7 Å². The van der Waals surface area contributed by atoms with Gasteiger partial charge in [0.15, 0.2) is 0 Å². The van der Waals surface area contributed by atoms with Crippen LogP contribution in [-0.2, 0) is 0 Å². The van der Waals surface area contributed by atoms with E-state index in [4.69, 9.17) is 0 Å². The molecule has 0 amide bonds. The molecule has 0 spiro atoms. The molecule has 0 nitrogen and oxygen atoms in total. The van der Waals surface area contributed by atoms with Crippen molar-refractivity contribution in [2.24, 2.45) is 0 Å². The lowest BCUT2D eigenvalue weighted by atomic mass is 10.5. The number of rotatable bonds is 0. The lowest BCUT2D eigenvalue weighted by Crippen LogP contribution is -1.38. The predicted molar refractivity (Wildman–Crippen MR) is 43.6 cm³/mol. The van der Waals surface area contributed by atoms with Crippen LogP contribution in [-0.4, -0.2) is 0 Å². The van der Waals surface area contributed by atoms with Crippen LogP contribution in [0.15, 0.2) is 48.0 Å². The van der Waals surface area contributed by atoms with E-state index in [0.717, 1.165) is 8.19 Å². The Balaban J connectivity index is 3.04. The molecule has 1 rings (SSSR count). The topological polar surface area (TPSA) is 0 Å². The van der Waals surface area contributed by atoms with E-state index in [1.54, 1.807) is 0 Å². The van der Waals surface area contributed by atoms with Crippen LogP contribution in [0.4, 0.5) is 0 Å². The van der Waals surface area contributed by atoms with Crippen LogP contribution in [0.1, 0.15) is 0 Å². The van der Waals surface area contributed by atoms with Crippen molar-refractivity contribution in [2.75, 3.05) is 0 Å². The van der Waals surface area contributed by atoms with E-state index in [9.17, 15) is 0 Å². The first-order valence-electron chi connectivity index (χ1n) is 2.91. The van der Waals surface area contributed by atoms with Crippen molar-refractivity contribution in [1.29, 1.82) is 0 Å². The number of hydrogen-bond acceptors (Lipinski definition) is 0. The van der Waals surface area contributed by atoms with Gasteiger partial charge in [-0.25, -0.2) is 0 Å². The van der Waals surface area contributed by atoms with Crippen molar-refractivity contribution >= 4 is 8.19 Å². The summed E-state index contributed by atoms with van der Waals surface area (Å²) in [5.74, 6) is 4.31. The average molecular weight is 136 g/mol. The smallest absolute Gasteiger partial charge is 0.0454 e. The minimum Gasteiger partial charge on any atom is -0.140 e. The molecule has 1 aromatic rings. The molecule has 0 saturated heterocycles. The third kappa shape index (κ3) is 2.94. The Morgan fingerprint density at radius 1 is 0.556 bits per heavy atom. The van der Waals surface area contributed by atoms with Crippen LogP contribution in [0, 0.1) is 0 Å². The molecule has 0 N–H and O–H groups in total. The van der Waals surface area contributed by atoms with E-state index in [1.165, 1.54) is 0 Å². The Bertz CT molecular complexity index is 126. The van der Waals surface area contributed by atoms with Crippen LogP contribution in [0.3, 0.4) is 0 Å². The molecule has 1 aromatic heterocycles. The van der Waals surface area contributed by atoms with Gasteiger partial charge in [0.2, 0.25) is 0 Å². The van der Waals surface area contributed by atoms with Crippen molar-refractivity contribution in [1.82, 2.24) is 0 Å². The molecule has 0 saturated carbocycles. The van der Waals surface area contributed by atoms with Gasteiger partial charge in [-0.15, -0.1) is 8.19 Å². The summed E-state index contributed by atoms with van der Waals surface area (Å²) in [4.78, 5) is 0. The highest BCUT2D eigenvalue weighted by Gasteiger charge is 1.57. The van der Waals surface area contributed by atoms with Gasteiger partial charge in [0.25, 0.3) is 0 Å². The first-order chi connectivity index (χ1) is 4.50. The Kier molecular flexibility index (Phi) is 2.96. The van der Waals surface area contributed by atoms with Gasteiger partial charge in [0.05, 0.1) is 0 Å². The monoisotopic (exact) mass is 136 g/mol. The molecule has 0 aromatic carbocycles. The van der Waals surface area contributed by atoms with Crippen molar-refractivity contribution in [3.05, 3.63) is 48.0 Å². The Morgan fingerprint density at radius 2 is 1.00 bits per heavy atom. The molecule has 1 heterocycles. The van der Waals surface area contributed by atoms with Gasteiger partial charge in [-0.2, -0.15) is 0 Å². The van der Waals surface area contributed by atoms with Crippen molar-refractivity contribution in [3.8, 4) is 0 Å². The molecule has 0 bridgehead atoms. The minimum absolute atomic E-state index is 0.822. The van der Waals surface area contributed by atoms with Gasteiger partial charge in [-0.1, -0.05) is 36.4 Å². The summed E-state index contributed by atoms with van der Waals surface area (Å²) in [6.07, 6.45) is 0. The molecule has 46 valence electrons. The summed E-state index contributed by atoms with van der Waals surface area (Å²) >= 11 is 0. The van der Waals surface area contributed by atoms with Gasteiger partial charge in [0.1, 0.15) is 0 Å². The maximum atomic E-state index is 2.15. The maximum Gasteiger partial charge on any atom is -0.0454 e. The van der Waals surface area contributed by atoms with Crippen LogP contribution >= 0.6 is 8.19 Å². The van der Waals surface area contributed by atoms with E-state index < -0.39 is 0 Å². The third-order valence-electron chi connectivity index (χ3n) is 0.940. The molecule has 0 atom stereocenters. The van der Waals surface area contributed by atoms with Crippen molar-refractivity contribution in [2.45, 2.75) is 0 Å². The summed E-state index contributed by atoms with van der Waals surface area (Å²) in [5, 5.41) is 0. The van der Waals surface area contributed by atoms with Crippen LogP contribution in [0.2, 0.25) is 0 Å². The highest BCUT2D eigenvalue weighted by molar-refractivity contribution is 7.28. The Hall–Kier alpha value is -0.740. The third-order valence-corrected chi connectivity index (χ3v) is 1.71. The molecule has 0 aliphatic heterocycles. The zero-order chi connectivity index (χ0) is 6.36.